The first-order valence-corrected chi connectivity index (χ1v) is 9.16. The molecule has 0 amide bonds. The van der Waals surface area contributed by atoms with Crippen molar-refractivity contribution in [3.05, 3.63) is 26.0 Å². The summed E-state index contributed by atoms with van der Waals surface area (Å²) >= 11 is 0. The Bertz CT molecular complexity index is 697. The topological polar surface area (TPSA) is 54.5 Å². The van der Waals surface area contributed by atoms with Gasteiger partial charge in [-0.05, 0) is 63.7 Å². The summed E-state index contributed by atoms with van der Waals surface area (Å²) in [7, 11) is 0. The van der Waals surface area contributed by atoms with Crippen molar-refractivity contribution in [2.24, 2.45) is 23.7 Å². The van der Waals surface area contributed by atoms with Crippen LogP contribution in [0.2, 0.25) is 0 Å². The molecule has 0 N–H and O–H groups in total. The van der Waals surface area contributed by atoms with Crippen molar-refractivity contribution in [3.63, 3.8) is 0 Å². The Morgan fingerprint density at radius 3 is 2.04 bits per heavy atom. The minimum absolute atomic E-state index is 0.130. The van der Waals surface area contributed by atoms with Crippen molar-refractivity contribution in [2.75, 3.05) is 18.0 Å². The maximum atomic E-state index is 13.1. The molecule has 4 heteroatoms. The molecule has 0 spiro atoms. The van der Waals surface area contributed by atoms with E-state index in [0.717, 1.165) is 25.7 Å². The third-order valence-electron chi connectivity index (χ3n) is 6.67. The lowest BCUT2D eigenvalue weighted by Gasteiger charge is -2.38. The highest BCUT2D eigenvalue weighted by Gasteiger charge is 2.51. The van der Waals surface area contributed by atoms with E-state index in [1.54, 1.807) is 0 Å². The average Bonchev–Trinajstić information content (AvgIpc) is 2.69. The molecular formula is C19H25NO3. The van der Waals surface area contributed by atoms with Crippen LogP contribution in [0.25, 0.3) is 0 Å². The molecule has 4 bridgehead atoms. The molecule has 4 aliphatic rings. The van der Waals surface area contributed by atoms with E-state index in [1.165, 1.54) is 6.42 Å². The molecule has 4 saturated carbocycles. The standard InChI is InChI=1S/C19H25NO3/c1-3-20(4-2)16-15(18(22)19(16)23)14-12-6-10-5-11(7-12)9-13(8-10)17(14)21/h10-14H,3-9H2,1-2H3. The molecular weight excluding hydrogens is 290 g/mol. The van der Waals surface area contributed by atoms with E-state index in [9.17, 15) is 14.4 Å². The predicted octanol–water partition coefficient (Wildman–Crippen LogP) is 2.24. The van der Waals surface area contributed by atoms with Gasteiger partial charge in [-0.15, -0.1) is 0 Å². The Kier molecular flexibility index (Phi) is 3.47. The van der Waals surface area contributed by atoms with Crippen molar-refractivity contribution in [3.8, 4) is 0 Å². The monoisotopic (exact) mass is 315 g/mol. The summed E-state index contributed by atoms with van der Waals surface area (Å²) in [5.41, 5.74) is 0.369. The Balaban J connectivity index is 1.79. The predicted molar refractivity (Wildman–Crippen MR) is 89.7 cm³/mol. The zero-order valence-corrected chi connectivity index (χ0v) is 14.0. The number of fused-ring (bicyclic) bond motifs is 1. The van der Waals surface area contributed by atoms with Gasteiger partial charge in [0.2, 0.25) is 10.9 Å². The second-order valence-electron chi connectivity index (χ2n) is 7.84. The summed E-state index contributed by atoms with van der Waals surface area (Å²) in [6.45, 7) is 5.39. The average molecular weight is 315 g/mol. The molecule has 0 aliphatic heterocycles. The number of hydrogen-bond donors (Lipinski definition) is 0. The van der Waals surface area contributed by atoms with Gasteiger partial charge in [-0.25, -0.2) is 0 Å². The van der Waals surface area contributed by atoms with Gasteiger partial charge in [0.05, 0.1) is 11.6 Å². The molecule has 4 aliphatic carbocycles. The van der Waals surface area contributed by atoms with E-state index in [0.29, 0.717) is 36.2 Å². The summed E-state index contributed by atoms with van der Waals surface area (Å²) in [5, 5.41) is 0. The normalized spacial score (nSPS) is 35.7. The first-order valence-electron chi connectivity index (χ1n) is 9.16. The van der Waals surface area contributed by atoms with Crippen molar-refractivity contribution < 1.29 is 4.79 Å². The van der Waals surface area contributed by atoms with Crippen molar-refractivity contribution >= 4 is 11.5 Å². The highest BCUT2D eigenvalue weighted by molar-refractivity contribution is 5.91. The molecule has 0 saturated heterocycles. The number of rotatable bonds is 4. The second-order valence-corrected chi connectivity index (χ2v) is 7.84. The molecule has 4 fully saturated rings. The summed E-state index contributed by atoms with van der Waals surface area (Å²) in [6.07, 6.45) is 5.43. The van der Waals surface area contributed by atoms with Gasteiger partial charge in [0, 0.05) is 24.6 Å². The van der Waals surface area contributed by atoms with Gasteiger partial charge in [0.25, 0.3) is 0 Å². The van der Waals surface area contributed by atoms with E-state index in [-0.39, 0.29) is 34.4 Å². The number of hydrogen-bond acceptors (Lipinski definition) is 4. The Labute approximate surface area is 136 Å². The third-order valence-corrected chi connectivity index (χ3v) is 6.67. The summed E-state index contributed by atoms with van der Waals surface area (Å²) < 4.78 is 0. The number of ketones is 1. The van der Waals surface area contributed by atoms with E-state index in [2.05, 4.69) is 0 Å². The first-order chi connectivity index (χ1) is 11.0. The smallest absolute Gasteiger partial charge is 0.249 e. The Morgan fingerprint density at radius 2 is 1.48 bits per heavy atom. The molecule has 124 valence electrons. The van der Waals surface area contributed by atoms with Gasteiger partial charge in [0.1, 0.15) is 5.78 Å². The molecule has 1 aromatic carbocycles. The Morgan fingerprint density at radius 1 is 0.870 bits per heavy atom. The van der Waals surface area contributed by atoms with Gasteiger partial charge in [-0.3, -0.25) is 14.4 Å². The molecule has 1 aromatic rings. The third kappa shape index (κ3) is 2.06. The van der Waals surface area contributed by atoms with Crippen molar-refractivity contribution in [1.82, 2.24) is 0 Å². The van der Waals surface area contributed by atoms with Crippen LogP contribution in [0.15, 0.2) is 9.59 Å². The summed E-state index contributed by atoms with van der Waals surface area (Å²) in [6, 6.07) is 0. The van der Waals surface area contributed by atoms with E-state index in [4.69, 9.17) is 0 Å². The zero-order valence-electron chi connectivity index (χ0n) is 14.0. The fourth-order valence-electron chi connectivity index (χ4n) is 5.81. The van der Waals surface area contributed by atoms with Gasteiger partial charge < -0.3 is 4.90 Å². The molecule has 3 unspecified atom stereocenters. The number of anilines is 1. The van der Waals surface area contributed by atoms with Crippen LogP contribution in [0.5, 0.6) is 0 Å². The first kappa shape index (κ1) is 15.1. The van der Waals surface area contributed by atoms with Crippen LogP contribution in [0, 0.1) is 23.7 Å². The lowest BCUT2D eigenvalue weighted by Crippen LogP contribution is -2.47. The van der Waals surface area contributed by atoms with Crippen LogP contribution in [0.4, 0.5) is 5.69 Å². The molecule has 0 heterocycles. The van der Waals surface area contributed by atoms with Gasteiger partial charge >= 0.3 is 0 Å². The molecule has 5 rings (SSSR count). The molecule has 4 nitrogen and oxygen atoms in total. The Hall–Kier alpha value is -1.45. The summed E-state index contributed by atoms with van der Waals surface area (Å²) in [4.78, 5) is 39.6. The molecule has 0 radical (unpaired) electrons. The minimum Gasteiger partial charge on any atom is -0.368 e. The second kappa shape index (κ2) is 5.29. The van der Waals surface area contributed by atoms with Crippen LogP contribution in [-0.2, 0) is 4.79 Å². The quantitative estimate of drug-likeness (QED) is 0.800. The maximum absolute atomic E-state index is 13.1. The number of carbonyl (C=O) groups is 1. The lowest BCUT2D eigenvalue weighted by atomic mass is 9.66. The van der Waals surface area contributed by atoms with E-state index in [1.807, 2.05) is 18.7 Å². The van der Waals surface area contributed by atoms with Crippen LogP contribution in [0.3, 0.4) is 0 Å². The summed E-state index contributed by atoms with van der Waals surface area (Å²) in [5.74, 6) is 1.71. The maximum Gasteiger partial charge on any atom is 0.249 e. The van der Waals surface area contributed by atoms with Crippen molar-refractivity contribution in [1.29, 1.82) is 0 Å². The molecule has 23 heavy (non-hydrogen) atoms. The minimum atomic E-state index is -0.383. The fraction of sp³-hybridized carbons (Fsp3) is 0.737. The fourth-order valence-corrected chi connectivity index (χ4v) is 5.81. The number of carbonyl (C=O) groups excluding carboxylic acids is 1. The number of Topliss-reactive ketones (excluding diaryl/α,β-unsaturated/α-hetero) is 1. The van der Waals surface area contributed by atoms with E-state index >= 15 is 0 Å². The van der Waals surface area contributed by atoms with Gasteiger partial charge in [-0.2, -0.15) is 0 Å². The van der Waals surface area contributed by atoms with Crippen LogP contribution in [-0.4, -0.2) is 18.9 Å². The van der Waals surface area contributed by atoms with Crippen LogP contribution >= 0.6 is 0 Å². The van der Waals surface area contributed by atoms with Crippen LogP contribution in [0.1, 0.15) is 57.4 Å². The SMILES string of the molecule is CCN(CC)c1c(C2C(=O)C3CC4CC(C3)CC2C4)c(=O)c1=O. The largest absolute Gasteiger partial charge is 0.368 e. The highest BCUT2D eigenvalue weighted by atomic mass is 16.2. The van der Waals surface area contributed by atoms with Gasteiger partial charge in [0.15, 0.2) is 0 Å². The van der Waals surface area contributed by atoms with Gasteiger partial charge in [-0.1, -0.05) is 0 Å². The van der Waals surface area contributed by atoms with Crippen LogP contribution < -0.4 is 15.8 Å². The number of nitrogens with zero attached hydrogens (tertiary/aromatic N) is 1. The van der Waals surface area contributed by atoms with Crippen molar-refractivity contribution in [2.45, 2.75) is 51.9 Å². The molecule has 3 atom stereocenters. The molecule has 0 aromatic heterocycles. The lowest BCUT2D eigenvalue weighted by molar-refractivity contribution is -0.125. The highest BCUT2D eigenvalue weighted by Crippen LogP contribution is 2.54. The zero-order chi connectivity index (χ0) is 16.3. The van der Waals surface area contributed by atoms with E-state index < -0.39 is 0 Å².